The summed E-state index contributed by atoms with van der Waals surface area (Å²) >= 11 is 1.41. The van der Waals surface area contributed by atoms with Crippen molar-refractivity contribution in [3.8, 4) is 0 Å². The first-order chi connectivity index (χ1) is 13.6. The molecule has 1 amide bonds. The molecule has 2 aromatic carbocycles. The van der Waals surface area contributed by atoms with Crippen LogP contribution in [0.15, 0.2) is 64.9 Å². The molecule has 0 saturated carbocycles. The summed E-state index contributed by atoms with van der Waals surface area (Å²) in [5, 5.41) is 7.13. The summed E-state index contributed by atoms with van der Waals surface area (Å²) in [4.78, 5) is 19.9. The van der Waals surface area contributed by atoms with E-state index in [-0.39, 0.29) is 11.7 Å². The molecule has 0 spiro atoms. The van der Waals surface area contributed by atoms with Gasteiger partial charge in [-0.3, -0.25) is 4.79 Å². The first kappa shape index (κ1) is 18.3. The minimum atomic E-state index is -0.162. The smallest absolute Gasteiger partial charge is 0.250 e. The Morgan fingerprint density at radius 1 is 1.18 bits per heavy atom. The standard InChI is InChI=1S/C22H20N4OS/c1-14-7-8-20-18(9-14)15(2)10-22(25-20)28-13-21(27)26-24-12-16-11-23-19-6-4-3-5-17(16)19/h3-12,23H,13H2,1-2H3,(H,26,27)/b24-12+. The predicted molar refractivity (Wildman–Crippen MR) is 116 cm³/mol. The summed E-state index contributed by atoms with van der Waals surface area (Å²) in [6.45, 7) is 4.14. The number of aryl methyl sites for hydroxylation is 2. The highest BCUT2D eigenvalue weighted by Crippen LogP contribution is 2.24. The third kappa shape index (κ3) is 3.92. The molecule has 0 fully saturated rings. The van der Waals surface area contributed by atoms with Crippen LogP contribution in [0.2, 0.25) is 0 Å². The number of pyridine rings is 1. The van der Waals surface area contributed by atoms with Crippen molar-refractivity contribution in [2.24, 2.45) is 5.10 Å². The summed E-state index contributed by atoms with van der Waals surface area (Å²) in [6, 6.07) is 16.2. The maximum atomic E-state index is 12.1. The SMILES string of the molecule is Cc1ccc2nc(SCC(=O)N/N=C/c3c[nH]c4ccccc34)cc(C)c2c1. The number of thioether (sulfide) groups is 1. The molecular weight excluding hydrogens is 368 g/mol. The van der Waals surface area contributed by atoms with Crippen LogP contribution < -0.4 is 5.43 Å². The van der Waals surface area contributed by atoms with Crippen LogP contribution in [0.25, 0.3) is 21.8 Å². The van der Waals surface area contributed by atoms with Crippen LogP contribution in [0, 0.1) is 13.8 Å². The van der Waals surface area contributed by atoms with Gasteiger partial charge in [0.15, 0.2) is 0 Å². The van der Waals surface area contributed by atoms with Crippen LogP contribution in [0.4, 0.5) is 0 Å². The number of aromatic nitrogens is 2. The van der Waals surface area contributed by atoms with E-state index in [0.717, 1.165) is 38.0 Å². The van der Waals surface area contributed by atoms with Crippen LogP contribution in [-0.2, 0) is 4.79 Å². The highest BCUT2D eigenvalue weighted by atomic mass is 32.2. The van der Waals surface area contributed by atoms with Gasteiger partial charge < -0.3 is 4.98 Å². The second kappa shape index (κ2) is 7.86. The van der Waals surface area contributed by atoms with Gasteiger partial charge in [-0.25, -0.2) is 10.4 Å². The van der Waals surface area contributed by atoms with Gasteiger partial charge in [-0.1, -0.05) is 41.6 Å². The highest BCUT2D eigenvalue weighted by Gasteiger charge is 2.07. The Hall–Kier alpha value is -3.12. The molecule has 28 heavy (non-hydrogen) atoms. The first-order valence-corrected chi connectivity index (χ1v) is 9.97. The lowest BCUT2D eigenvalue weighted by molar-refractivity contribution is -0.118. The molecule has 6 heteroatoms. The van der Waals surface area contributed by atoms with Crippen molar-refractivity contribution in [2.75, 3.05) is 5.75 Å². The van der Waals surface area contributed by atoms with E-state index in [9.17, 15) is 4.79 Å². The van der Waals surface area contributed by atoms with Crippen LogP contribution in [0.3, 0.4) is 0 Å². The third-order valence-corrected chi connectivity index (χ3v) is 5.42. The van der Waals surface area contributed by atoms with E-state index in [0.29, 0.717) is 0 Å². The molecular formula is C22H20N4OS. The van der Waals surface area contributed by atoms with E-state index in [1.54, 1.807) is 6.21 Å². The quantitative estimate of drug-likeness (QED) is 0.299. The van der Waals surface area contributed by atoms with Crippen LogP contribution in [0.1, 0.15) is 16.7 Å². The maximum absolute atomic E-state index is 12.1. The molecule has 0 aliphatic carbocycles. The minimum Gasteiger partial charge on any atom is -0.361 e. The summed E-state index contributed by atoms with van der Waals surface area (Å²) in [5.41, 5.74) is 7.88. The third-order valence-electron chi connectivity index (χ3n) is 4.51. The molecule has 0 bridgehead atoms. The second-order valence-corrected chi connectivity index (χ2v) is 7.67. The predicted octanol–water partition coefficient (Wildman–Crippen LogP) is 4.58. The van der Waals surface area contributed by atoms with Gasteiger partial charge >= 0.3 is 0 Å². The normalized spacial score (nSPS) is 11.5. The topological polar surface area (TPSA) is 70.1 Å². The number of nitrogens with zero attached hydrogens (tertiary/aromatic N) is 2. The first-order valence-electron chi connectivity index (χ1n) is 8.99. The number of hydrazone groups is 1. The number of fused-ring (bicyclic) bond motifs is 2. The molecule has 2 heterocycles. The van der Waals surface area contributed by atoms with Gasteiger partial charge in [-0.15, -0.1) is 0 Å². The number of aromatic amines is 1. The van der Waals surface area contributed by atoms with Crippen molar-refractivity contribution >= 4 is 45.7 Å². The lowest BCUT2D eigenvalue weighted by Crippen LogP contribution is -2.19. The molecule has 2 aromatic heterocycles. The highest BCUT2D eigenvalue weighted by molar-refractivity contribution is 7.99. The van der Waals surface area contributed by atoms with Gasteiger partial charge in [-0.05, 0) is 43.7 Å². The number of hydrogen-bond acceptors (Lipinski definition) is 4. The van der Waals surface area contributed by atoms with Crippen molar-refractivity contribution in [1.29, 1.82) is 0 Å². The van der Waals surface area contributed by atoms with Crippen molar-refractivity contribution in [1.82, 2.24) is 15.4 Å². The van der Waals surface area contributed by atoms with Crippen LogP contribution in [-0.4, -0.2) is 27.8 Å². The lowest BCUT2D eigenvalue weighted by atomic mass is 10.1. The van der Waals surface area contributed by atoms with Gasteiger partial charge in [0.2, 0.25) is 5.91 Å². The average molecular weight is 388 g/mol. The van der Waals surface area contributed by atoms with E-state index in [1.165, 1.54) is 17.3 Å². The monoisotopic (exact) mass is 388 g/mol. The number of carbonyl (C=O) groups excluding carboxylic acids is 1. The number of hydrogen-bond donors (Lipinski definition) is 2. The van der Waals surface area contributed by atoms with Gasteiger partial charge in [0.05, 0.1) is 22.5 Å². The molecule has 5 nitrogen and oxygen atoms in total. The van der Waals surface area contributed by atoms with Gasteiger partial charge in [-0.2, -0.15) is 5.10 Å². The number of carbonyl (C=O) groups is 1. The number of nitrogens with one attached hydrogen (secondary N) is 2. The Morgan fingerprint density at radius 3 is 2.93 bits per heavy atom. The Morgan fingerprint density at radius 2 is 2.04 bits per heavy atom. The average Bonchev–Trinajstić information content (AvgIpc) is 3.10. The van der Waals surface area contributed by atoms with Gasteiger partial charge in [0.25, 0.3) is 0 Å². The largest absolute Gasteiger partial charge is 0.361 e. The molecule has 2 N–H and O–H groups in total. The molecule has 0 saturated heterocycles. The fourth-order valence-electron chi connectivity index (χ4n) is 3.10. The van der Waals surface area contributed by atoms with Gasteiger partial charge in [0.1, 0.15) is 0 Å². The van der Waals surface area contributed by atoms with E-state index in [2.05, 4.69) is 46.5 Å². The number of amides is 1. The summed E-state index contributed by atoms with van der Waals surface area (Å²) in [6.07, 6.45) is 3.53. The zero-order chi connectivity index (χ0) is 19.5. The van der Waals surface area contributed by atoms with Crippen LogP contribution in [0.5, 0.6) is 0 Å². The number of rotatable bonds is 5. The van der Waals surface area contributed by atoms with Crippen molar-refractivity contribution in [3.05, 3.63) is 71.4 Å². The Labute approximate surface area is 167 Å². The zero-order valence-electron chi connectivity index (χ0n) is 15.7. The summed E-state index contributed by atoms with van der Waals surface area (Å²) in [5.74, 6) is 0.0965. The number of H-pyrrole nitrogens is 1. The van der Waals surface area contributed by atoms with Crippen molar-refractivity contribution < 1.29 is 4.79 Å². The molecule has 4 aromatic rings. The van der Waals surface area contributed by atoms with E-state index < -0.39 is 0 Å². The second-order valence-electron chi connectivity index (χ2n) is 6.67. The van der Waals surface area contributed by atoms with Gasteiger partial charge in [0, 0.05) is 28.0 Å². The Bertz CT molecular complexity index is 1200. The molecule has 4 rings (SSSR count). The Balaban J connectivity index is 1.38. The number of para-hydroxylation sites is 1. The molecule has 0 radical (unpaired) electrons. The van der Waals surface area contributed by atoms with Crippen molar-refractivity contribution in [3.63, 3.8) is 0 Å². The molecule has 0 atom stereocenters. The molecule has 0 unspecified atom stereocenters. The fourth-order valence-corrected chi connectivity index (χ4v) is 3.86. The Kier molecular flexibility index (Phi) is 5.12. The number of benzene rings is 2. The van der Waals surface area contributed by atoms with E-state index >= 15 is 0 Å². The molecule has 0 aliphatic heterocycles. The maximum Gasteiger partial charge on any atom is 0.250 e. The molecule has 0 aliphatic rings. The minimum absolute atomic E-state index is 0.162. The fraction of sp³-hybridized carbons (Fsp3) is 0.136. The van der Waals surface area contributed by atoms with Crippen LogP contribution >= 0.6 is 11.8 Å². The molecule has 140 valence electrons. The van der Waals surface area contributed by atoms with Crippen molar-refractivity contribution in [2.45, 2.75) is 18.9 Å². The zero-order valence-corrected chi connectivity index (χ0v) is 16.5. The summed E-state index contributed by atoms with van der Waals surface area (Å²) in [7, 11) is 0. The summed E-state index contributed by atoms with van der Waals surface area (Å²) < 4.78 is 0. The van der Waals surface area contributed by atoms with E-state index in [1.807, 2.05) is 42.6 Å². The van der Waals surface area contributed by atoms with E-state index in [4.69, 9.17) is 0 Å². The lowest BCUT2D eigenvalue weighted by Gasteiger charge is -2.07.